The minimum atomic E-state index is -2.62. The minimum Gasteiger partial charge on any atom is -0.481 e. The van der Waals surface area contributed by atoms with Gasteiger partial charge in [0.05, 0.1) is 23.3 Å². The summed E-state index contributed by atoms with van der Waals surface area (Å²) in [5.74, 6) is -4.58. The van der Waals surface area contributed by atoms with E-state index in [-0.39, 0.29) is 47.6 Å². The Morgan fingerprint density at radius 3 is 2.27 bits per heavy atom. The van der Waals surface area contributed by atoms with Crippen molar-refractivity contribution in [2.45, 2.75) is 95.9 Å². The van der Waals surface area contributed by atoms with E-state index in [1.807, 2.05) is 19.9 Å². The second-order valence-corrected chi connectivity index (χ2v) is 13.5. The zero-order chi connectivity index (χ0) is 29.2. The number of halogens is 2. The molecule has 0 spiro atoms. The van der Waals surface area contributed by atoms with Crippen LogP contribution in [-0.4, -0.2) is 78.4 Å². The first-order valence-electron chi connectivity index (χ1n) is 14.2. The van der Waals surface area contributed by atoms with Crippen LogP contribution in [0.2, 0.25) is 0 Å². The summed E-state index contributed by atoms with van der Waals surface area (Å²) in [6.45, 7) is 11.0. The van der Waals surface area contributed by atoms with Crippen molar-refractivity contribution in [3.8, 4) is 0 Å². The summed E-state index contributed by atoms with van der Waals surface area (Å²) in [5, 5.41) is 13.9. The highest BCUT2D eigenvalue weighted by molar-refractivity contribution is 5.94. The van der Waals surface area contributed by atoms with E-state index in [1.165, 1.54) is 0 Å². The summed E-state index contributed by atoms with van der Waals surface area (Å²) < 4.78 is 29.2. The molecule has 0 aromatic carbocycles. The summed E-state index contributed by atoms with van der Waals surface area (Å²) in [6.07, 6.45) is 2.78. The lowest BCUT2D eigenvalue weighted by Gasteiger charge is -2.48. The zero-order valence-corrected chi connectivity index (χ0v) is 23.9. The molecule has 1 saturated heterocycles. The molecule has 11 heteroatoms. The molecule has 40 heavy (non-hydrogen) atoms. The van der Waals surface area contributed by atoms with E-state index >= 15 is 0 Å². The Balaban J connectivity index is 1.36. The normalized spacial score (nSPS) is 25.1. The first-order chi connectivity index (χ1) is 18.6. The fraction of sp³-hybridized carbons (Fsp3) is 0.690. The van der Waals surface area contributed by atoms with E-state index in [0.717, 1.165) is 11.3 Å². The van der Waals surface area contributed by atoms with Crippen molar-refractivity contribution in [2.24, 2.45) is 11.8 Å². The number of rotatable bonds is 4. The highest BCUT2D eigenvalue weighted by Crippen LogP contribution is 2.41. The largest absolute Gasteiger partial charge is 0.481 e. The van der Waals surface area contributed by atoms with Gasteiger partial charge in [-0.15, -0.1) is 0 Å². The van der Waals surface area contributed by atoms with E-state index in [1.54, 1.807) is 20.5 Å². The molecular formula is C29H39F2N5O4. The molecule has 1 aliphatic heterocycles. The Kier molecular flexibility index (Phi) is 6.94. The van der Waals surface area contributed by atoms with E-state index in [4.69, 9.17) is 15.2 Å². The third-order valence-electron chi connectivity index (χ3n) is 8.90. The lowest BCUT2D eigenvalue weighted by atomic mass is 9.74. The van der Waals surface area contributed by atoms with E-state index in [0.29, 0.717) is 51.0 Å². The molecule has 0 atom stereocenters. The molecule has 0 radical (unpaired) electrons. The quantitative estimate of drug-likeness (QED) is 0.591. The molecule has 3 heterocycles. The summed E-state index contributed by atoms with van der Waals surface area (Å²) in [6, 6.07) is 1.97. The van der Waals surface area contributed by atoms with Crippen LogP contribution in [0.25, 0.3) is 5.65 Å². The van der Waals surface area contributed by atoms with Gasteiger partial charge in [-0.05, 0) is 51.0 Å². The molecule has 9 nitrogen and oxygen atoms in total. The third-order valence-corrected chi connectivity index (χ3v) is 8.90. The molecule has 2 saturated carbocycles. The molecule has 5 rings (SSSR count). The molecule has 2 amide bonds. The Bertz CT molecular complexity index is 1330. The predicted octanol–water partition coefficient (Wildman–Crippen LogP) is 4.49. The molecule has 0 unspecified atom stereocenters. The summed E-state index contributed by atoms with van der Waals surface area (Å²) in [5.41, 5.74) is 1.51. The Hall–Kier alpha value is -3.11. The maximum Gasteiger partial charge on any atom is 0.306 e. The number of carbonyl (C=O) groups excluding carboxylic acids is 2. The van der Waals surface area contributed by atoms with Gasteiger partial charge >= 0.3 is 5.97 Å². The van der Waals surface area contributed by atoms with Gasteiger partial charge in [-0.25, -0.2) is 18.3 Å². The molecule has 218 valence electrons. The lowest BCUT2D eigenvalue weighted by molar-refractivity contribution is -0.153. The van der Waals surface area contributed by atoms with Crippen LogP contribution >= 0.6 is 0 Å². The molecule has 2 aliphatic carbocycles. The van der Waals surface area contributed by atoms with E-state index in [9.17, 15) is 23.2 Å². The topological polar surface area (TPSA) is 108 Å². The van der Waals surface area contributed by atoms with Crippen LogP contribution < -0.4 is 0 Å². The average Bonchev–Trinajstić information content (AvgIpc) is 3.24. The van der Waals surface area contributed by atoms with Crippen LogP contribution in [0.5, 0.6) is 0 Å². The minimum absolute atomic E-state index is 0.0440. The van der Waals surface area contributed by atoms with Gasteiger partial charge in [0.2, 0.25) is 11.8 Å². The number of carboxylic acids is 1. The number of fused-ring (bicyclic) bond motifs is 1. The fourth-order valence-corrected chi connectivity index (χ4v) is 6.32. The Morgan fingerprint density at radius 2 is 1.70 bits per heavy atom. The highest BCUT2D eigenvalue weighted by Gasteiger charge is 2.45. The third kappa shape index (κ3) is 5.31. The Labute approximate surface area is 232 Å². The first-order valence-corrected chi connectivity index (χ1v) is 14.2. The van der Waals surface area contributed by atoms with Gasteiger partial charge in [-0.1, -0.05) is 20.8 Å². The van der Waals surface area contributed by atoms with Crippen molar-refractivity contribution < 1.29 is 28.3 Å². The van der Waals surface area contributed by atoms with Crippen LogP contribution in [0.3, 0.4) is 0 Å². The Morgan fingerprint density at radius 1 is 1.05 bits per heavy atom. The van der Waals surface area contributed by atoms with Crippen LogP contribution in [0.15, 0.2) is 12.3 Å². The number of piperazine rings is 1. The van der Waals surface area contributed by atoms with Gasteiger partial charge in [0.1, 0.15) is 5.69 Å². The van der Waals surface area contributed by atoms with E-state index in [2.05, 4.69) is 20.8 Å². The number of imidazole rings is 1. The molecule has 3 aliphatic rings. The molecule has 3 fully saturated rings. The van der Waals surface area contributed by atoms with Gasteiger partial charge < -0.3 is 14.9 Å². The molecule has 2 aromatic rings. The number of carboxylic acid groups (broad SMARTS) is 1. The number of carbonyl (C=O) groups is 3. The smallest absolute Gasteiger partial charge is 0.306 e. The van der Waals surface area contributed by atoms with Crippen molar-refractivity contribution >= 4 is 23.4 Å². The van der Waals surface area contributed by atoms with Gasteiger partial charge in [-0.3, -0.25) is 14.4 Å². The maximum atomic E-state index is 13.8. The van der Waals surface area contributed by atoms with Crippen LogP contribution in [0.1, 0.15) is 101 Å². The highest BCUT2D eigenvalue weighted by atomic mass is 19.3. The van der Waals surface area contributed by atoms with Crippen molar-refractivity contribution in [1.29, 1.82) is 0 Å². The van der Waals surface area contributed by atoms with Crippen LogP contribution in [0, 0.1) is 11.8 Å². The summed E-state index contributed by atoms with van der Waals surface area (Å²) in [7, 11) is 0. The van der Waals surface area contributed by atoms with Crippen molar-refractivity contribution in [3.63, 3.8) is 0 Å². The molecular weight excluding hydrogens is 520 g/mol. The molecule has 2 aromatic heterocycles. The van der Waals surface area contributed by atoms with Crippen LogP contribution in [0.4, 0.5) is 8.78 Å². The van der Waals surface area contributed by atoms with Gasteiger partial charge in [0, 0.05) is 49.9 Å². The monoisotopic (exact) mass is 559 g/mol. The number of nitrogens with zero attached hydrogens (tertiary/aromatic N) is 5. The standard InChI is InChI=1S/C29H39F2N5O4/c1-27(2,3)20-14-21(17-6-8-29(30,31)9-7-17)33-36-15-22(32-23(20)36)25(38)35-11-10-34(16-28(35,4)5)24(37)18-12-19(13-18)26(39)40/h14-15,17-19H,6-13,16H2,1-5H3,(H,39,40). The number of hydrogen-bond acceptors (Lipinski definition) is 5. The predicted molar refractivity (Wildman–Crippen MR) is 143 cm³/mol. The van der Waals surface area contributed by atoms with E-state index < -0.39 is 23.3 Å². The average molecular weight is 560 g/mol. The number of aliphatic carboxylic acids is 1. The van der Waals surface area contributed by atoms with Crippen molar-refractivity contribution in [2.75, 3.05) is 19.6 Å². The number of alkyl halides is 2. The van der Waals surface area contributed by atoms with Crippen LogP contribution in [-0.2, 0) is 15.0 Å². The zero-order valence-electron chi connectivity index (χ0n) is 23.9. The van der Waals surface area contributed by atoms with Gasteiger partial charge in [-0.2, -0.15) is 5.10 Å². The SMILES string of the molecule is CC(C)(C)c1cc(C2CCC(F)(F)CC2)nn2cc(C(=O)N3CCN(C(=O)C4CC(C(=O)O)C4)CC3(C)C)nc12. The first kappa shape index (κ1) is 28.4. The fourth-order valence-electron chi connectivity index (χ4n) is 6.32. The summed E-state index contributed by atoms with van der Waals surface area (Å²) >= 11 is 0. The van der Waals surface area contributed by atoms with Gasteiger partial charge in [0.25, 0.3) is 5.91 Å². The number of hydrogen-bond donors (Lipinski definition) is 1. The maximum absolute atomic E-state index is 13.8. The lowest BCUT2D eigenvalue weighted by Crippen LogP contribution is -2.63. The second-order valence-electron chi connectivity index (χ2n) is 13.5. The number of aromatic nitrogens is 3. The molecule has 1 N–H and O–H groups in total. The van der Waals surface area contributed by atoms with Gasteiger partial charge in [0.15, 0.2) is 5.65 Å². The summed E-state index contributed by atoms with van der Waals surface area (Å²) in [4.78, 5) is 46.1. The second kappa shape index (κ2) is 9.76. The number of amides is 2. The molecule has 0 bridgehead atoms. The van der Waals surface area contributed by atoms with Crippen molar-refractivity contribution in [3.05, 3.63) is 29.2 Å². The van der Waals surface area contributed by atoms with Crippen molar-refractivity contribution in [1.82, 2.24) is 24.4 Å².